The monoisotopic (exact) mass is 135 g/mol. The third-order valence-corrected chi connectivity index (χ3v) is 0.710. The highest BCUT2D eigenvalue weighted by molar-refractivity contribution is 6.32. The van der Waals surface area contributed by atoms with E-state index in [-0.39, 0.29) is 13.2 Å². The Kier molecular flexibility index (Phi) is 4.65. The molecule has 0 rings (SSSR count). The molecule has 6 heteroatoms. The van der Waals surface area contributed by atoms with Crippen molar-refractivity contribution in [1.29, 1.82) is 0 Å². The summed E-state index contributed by atoms with van der Waals surface area (Å²) in [7, 11) is -1.83. The van der Waals surface area contributed by atoms with Gasteiger partial charge in [-0.05, 0) is 0 Å². The summed E-state index contributed by atoms with van der Waals surface area (Å²) in [5, 5.41) is 24.8. The highest BCUT2D eigenvalue weighted by atomic mass is 16.6. The van der Waals surface area contributed by atoms with Crippen LogP contribution in [0.15, 0.2) is 0 Å². The molecule has 0 aliphatic rings. The fourth-order valence-electron chi connectivity index (χ4n) is 0.265. The van der Waals surface area contributed by atoms with Crippen LogP contribution in [0.25, 0.3) is 0 Å². The zero-order chi connectivity index (χ0) is 7.28. The van der Waals surface area contributed by atoms with E-state index in [4.69, 9.17) is 20.9 Å². The lowest BCUT2D eigenvalue weighted by Crippen LogP contribution is -2.29. The van der Waals surface area contributed by atoms with Gasteiger partial charge in [0.15, 0.2) is 0 Å². The van der Waals surface area contributed by atoms with Gasteiger partial charge in [-0.25, -0.2) is 0 Å². The van der Waals surface area contributed by atoms with Crippen molar-refractivity contribution in [2.24, 2.45) is 5.73 Å². The van der Waals surface area contributed by atoms with Crippen molar-refractivity contribution in [2.75, 3.05) is 13.2 Å². The first kappa shape index (κ1) is 8.86. The molecule has 0 aliphatic heterocycles. The van der Waals surface area contributed by atoms with Gasteiger partial charge in [-0.2, -0.15) is 0 Å². The van der Waals surface area contributed by atoms with Crippen LogP contribution in [0.5, 0.6) is 0 Å². The second-order valence-corrected chi connectivity index (χ2v) is 1.55. The molecule has 0 bridgehead atoms. The minimum atomic E-state index is -1.83. The van der Waals surface area contributed by atoms with Crippen molar-refractivity contribution in [3.05, 3.63) is 0 Å². The lowest BCUT2D eigenvalue weighted by molar-refractivity contribution is 0.0819. The Labute approximate surface area is 53.2 Å². The summed E-state index contributed by atoms with van der Waals surface area (Å²) in [5.41, 5.74) is 4.96. The SMILES string of the molecule is NC[C@H](O)COB(O)O. The average molecular weight is 135 g/mol. The van der Waals surface area contributed by atoms with E-state index in [0.717, 1.165) is 0 Å². The Bertz CT molecular complexity index is 70.8. The minimum Gasteiger partial charge on any atom is -0.402 e. The smallest absolute Gasteiger partial charge is 0.402 e. The molecule has 0 radical (unpaired) electrons. The summed E-state index contributed by atoms with van der Waals surface area (Å²) in [5.74, 6) is 0. The summed E-state index contributed by atoms with van der Waals surface area (Å²) in [6.45, 7) is -0.110. The first-order chi connectivity index (χ1) is 4.16. The lowest BCUT2D eigenvalue weighted by Gasteiger charge is -2.06. The van der Waals surface area contributed by atoms with Crippen LogP contribution < -0.4 is 5.73 Å². The number of aliphatic hydroxyl groups is 1. The summed E-state index contributed by atoms with van der Waals surface area (Å²) in [4.78, 5) is 0. The van der Waals surface area contributed by atoms with Gasteiger partial charge in [0.25, 0.3) is 0 Å². The fraction of sp³-hybridized carbons (Fsp3) is 1.00. The third-order valence-electron chi connectivity index (χ3n) is 0.710. The number of rotatable bonds is 4. The zero-order valence-corrected chi connectivity index (χ0v) is 4.90. The van der Waals surface area contributed by atoms with Crippen molar-refractivity contribution < 1.29 is 19.8 Å². The number of aliphatic hydroxyl groups excluding tert-OH is 1. The second-order valence-electron chi connectivity index (χ2n) is 1.55. The van der Waals surface area contributed by atoms with Crippen molar-refractivity contribution in [3.63, 3.8) is 0 Å². The largest absolute Gasteiger partial charge is 0.633 e. The maximum absolute atomic E-state index is 8.63. The van der Waals surface area contributed by atoms with E-state index in [1.807, 2.05) is 0 Å². The molecule has 1 atom stereocenters. The molecule has 0 fully saturated rings. The van der Waals surface area contributed by atoms with E-state index >= 15 is 0 Å². The molecular weight excluding hydrogens is 125 g/mol. The highest BCUT2D eigenvalue weighted by Gasteiger charge is 2.10. The van der Waals surface area contributed by atoms with E-state index in [0.29, 0.717) is 0 Å². The van der Waals surface area contributed by atoms with E-state index in [9.17, 15) is 0 Å². The summed E-state index contributed by atoms with van der Waals surface area (Å²) in [6.07, 6.45) is -0.827. The van der Waals surface area contributed by atoms with Crippen molar-refractivity contribution in [1.82, 2.24) is 0 Å². The van der Waals surface area contributed by atoms with E-state index in [1.165, 1.54) is 0 Å². The van der Waals surface area contributed by atoms with Crippen LogP contribution in [0.4, 0.5) is 0 Å². The molecule has 5 N–H and O–H groups in total. The van der Waals surface area contributed by atoms with Gasteiger partial charge in [0.2, 0.25) is 0 Å². The number of hydrogen-bond acceptors (Lipinski definition) is 5. The van der Waals surface area contributed by atoms with Gasteiger partial charge in [-0.1, -0.05) is 0 Å². The van der Waals surface area contributed by atoms with Gasteiger partial charge in [0, 0.05) is 6.54 Å². The van der Waals surface area contributed by atoms with Crippen molar-refractivity contribution >= 4 is 7.32 Å². The number of nitrogens with two attached hydrogens (primary N) is 1. The summed E-state index contributed by atoms with van der Waals surface area (Å²) in [6, 6.07) is 0. The van der Waals surface area contributed by atoms with E-state index < -0.39 is 13.4 Å². The maximum atomic E-state index is 8.63. The quantitative estimate of drug-likeness (QED) is 0.314. The molecule has 0 heterocycles. The van der Waals surface area contributed by atoms with Crippen LogP contribution in [0.2, 0.25) is 0 Å². The second kappa shape index (κ2) is 4.72. The van der Waals surface area contributed by atoms with Crippen LogP contribution in [-0.4, -0.2) is 41.7 Å². The Morgan fingerprint density at radius 2 is 2.11 bits per heavy atom. The Morgan fingerprint density at radius 1 is 1.56 bits per heavy atom. The minimum absolute atomic E-state index is 0.0483. The molecule has 0 aromatic heterocycles. The molecule has 0 saturated heterocycles. The van der Waals surface area contributed by atoms with Gasteiger partial charge < -0.3 is 25.5 Å². The van der Waals surface area contributed by atoms with Gasteiger partial charge in [-0.15, -0.1) is 0 Å². The highest BCUT2D eigenvalue weighted by Crippen LogP contribution is 1.81. The first-order valence-corrected chi connectivity index (χ1v) is 2.52. The molecule has 0 unspecified atom stereocenters. The van der Waals surface area contributed by atoms with Gasteiger partial charge in [0.05, 0.1) is 12.7 Å². The fourth-order valence-corrected chi connectivity index (χ4v) is 0.265. The molecule has 0 aliphatic carbocycles. The first-order valence-electron chi connectivity index (χ1n) is 2.52. The van der Waals surface area contributed by atoms with Crippen LogP contribution in [0.3, 0.4) is 0 Å². The molecule has 54 valence electrons. The molecule has 5 nitrogen and oxygen atoms in total. The Balaban J connectivity index is 3.06. The van der Waals surface area contributed by atoms with E-state index in [1.54, 1.807) is 0 Å². The van der Waals surface area contributed by atoms with Gasteiger partial charge in [-0.3, -0.25) is 0 Å². The molecule has 9 heavy (non-hydrogen) atoms. The maximum Gasteiger partial charge on any atom is 0.633 e. The third kappa shape index (κ3) is 5.74. The summed E-state index contributed by atoms with van der Waals surface area (Å²) < 4.78 is 4.18. The Morgan fingerprint density at radius 3 is 2.44 bits per heavy atom. The van der Waals surface area contributed by atoms with Crippen LogP contribution in [0.1, 0.15) is 0 Å². The summed E-state index contributed by atoms with van der Waals surface area (Å²) >= 11 is 0. The normalized spacial score (nSPS) is 13.3. The van der Waals surface area contributed by atoms with Crippen molar-refractivity contribution in [2.45, 2.75) is 6.10 Å². The van der Waals surface area contributed by atoms with Gasteiger partial charge in [0.1, 0.15) is 0 Å². The van der Waals surface area contributed by atoms with Crippen LogP contribution in [-0.2, 0) is 4.65 Å². The zero-order valence-electron chi connectivity index (χ0n) is 4.90. The van der Waals surface area contributed by atoms with Crippen molar-refractivity contribution in [3.8, 4) is 0 Å². The molecule has 0 saturated carbocycles. The Hall–Kier alpha value is -0.135. The number of hydrogen-bond donors (Lipinski definition) is 4. The standard InChI is InChI=1S/C3H10BNO4/c5-1-3(6)2-9-4(7)8/h3,6-8H,1-2,5H2/t3-/m0/s1. The lowest BCUT2D eigenvalue weighted by atomic mass is 10.2. The molecule has 0 amide bonds. The molecular formula is C3H10BNO4. The molecule has 0 spiro atoms. The van der Waals surface area contributed by atoms with Crippen LogP contribution in [0, 0.1) is 0 Å². The van der Waals surface area contributed by atoms with Gasteiger partial charge >= 0.3 is 7.32 Å². The molecule has 0 aromatic carbocycles. The van der Waals surface area contributed by atoms with Crippen LogP contribution >= 0.6 is 0 Å². The molecule has 0 aromatic rings. The average Bonchev–Trinajstić information content (AvgIpc) is 1.83. The predicted octanol–water partition coefficient (Wildman–Crippen LogP) is -2.71. The predicted molar refractivity (Wildman–Crippen MR) is 31.2 cm³/mol. The van der Waals surface area contributed by atoms with E-state index in [2.05, 4.69) is 4.65 Å². The topological polar surface area (TPSA) is 95.9 Å².